The summed E-state index contributed by atoms with van der Waals surface area (Å²) in [6.45, 7) is 9.45. The molecule has 2 aromatic carbocycles. The second-order valence-electron chi connectivity index (χ2n) is 15.0. The van der Waals surface area contributed by atoms with Crippen LogP contribution in [-0.4, -0.2) is 84.0 Å². The average molecular weight is 781 g/mol. The second kappa shape index (κ2) is 20.5. The van der Waals surface area contributed by atoms with E-state index in [0.717, 1.165) is 11.1 Å². The summed E-state index contributed by atoms with van der Waals surface area (Å²) in [7, 11) is 0. The first-order chi connectivity index (χ1) is 26.2. The van der Waals surface area contributed by atoms with Crippen molar-refractivity contribution in [3.05, 3.63) is 70.8 Å². The summed E-state index contributed by atoms with van der Waals surface area (Å²) in [5.41, 5.74) is 1.06. The first-order valence-electron chi connectivity index (χ1n) is 18.0. The van der Waals surface area contributed by atoms with Gasteiger partial charge in [-0.15, -0.1) is 0 Å². The lowest BCUT2D eigenvalue weighted by Gasteiger charge is -2.23. The monoisotopic (exact) mass is 780 g/mol. The van der Waals surface area contributed by atoms with Crippen molar-refractivity contribution in [1.82, 2.24) is 42.5 Å². The molecule has 8 amide bonds. The van der Waals surface area contributed by atoms with E-state index >= 15 is 0 Å². The number of nitrogens with one attached hydrogen (secondary N) is 8. The number of esters is 2. The Hall–Kier alpha value is -6.20. The van der Waals surface area contributed by atoms with Gasteiger partial charge in [0.15, 0.2) is 0 Å². The van der Waals surface area contributed by atoms with Crippen LogP contribution < -0.4 is 42.5 Å². The van der Waals surface area contributed by atoms with Gasteiger partial charge < -0.3 is 52.0 Å². The molecule has 2 atom stereocenters. The highest BCUT2D eigenvalue weighted by molar-refractivity contribution is 5.92. The highest BCUT2D eigenvalue weighted by Crippen LogP contribution is 2.12. The zero-order valence-corrected chi connectivity index (χ0v) is 32.5. The summed E-state index contributed by atoms with van der Waals surface area (Å²) < 4.78 is 10.7. The minimum absolute atomic E-state index is 0.0119. The van der Waals surface area contributed by atoms with E-state index in [9.17, 15) is 38.4 Å². The number of benzene rings is 2. The van der Waals surface area contributed by atoms with Gasteiger partial charge in [-0.3, -0.25) is 28.8 Å². The lowest BCUT2D eigenvalue weighted by atomic mass is 10.1. The Morgan fingerprint density at radius 1 is 0.482 bits per heavy atom. The van der Waals surface area contributed by atoms with Crippen LogP contribution in [-0.2, 0) is 64.4 Å². The molecule has 0 unspecified atom stereocenters. The van der Waals surface area contributed by atoms with Crippen LogP contribution in [0.3, 0.4) is 0 Å². The van der Waals surface area contributed by atoms with Gasteiger partial charge in [-0.25, -0.2) is 9.59 Å². The maximum atomic E-state index is 13.2. The summed E-state index contributed by atoms with van der Waals surface area (Å²) in [5.74, 6) is -3.84. The Labute approximate surface area is 325 Å². The van der Waals surface area contributed by atoms with Crippen molar-refractivity contribution in [2.75, 3.05) is 13.1 Å². The fourth-order valence-corrected chi connectivity index (χ4v) is 4.96. The SMILES string of the molecule is CC(C)(C)OC(=O)C[C@@H]1NC(=O)NCC(=O)NCc2ccc(cc2)CNC(=O)CNC(=O)N[C@@H](CC(=O)OC(C)(C)C)C(=O)NCc2ccc(cc2)CNC1=O. The summed E-state index contributed by atoms with van der Waals surface area (Å²) in [6, 6.07) is 9.29. The predicted octanol–water partition coefficient (Wildman–Crippen LogP) is 0.664. The van der Waals surface area contributed by atoms with Crippen molar-refractivity contribution in [3.63, 3.8) is 0 Å². The molecule has 4 heterocycles. The van der Waals surface area contributed by atoms with Crippen LogP contribution in [0.15, 0.2) is 48.5 Å². The van der Waals surface area contributed by atoms with E-state index in [1.807, 2.05) is 0 Å². The predicted molar refractivity (Wildman–Crippen MR) is 202 cm³/mol. The molecule has 8 N–H and O–H groups in total. The molecule has 0 aromatic heterocycles. The van der Waals surface area contributed by atoms with Crippen molar-refractivity contribution in [2.24, 2.45) is 0 Å². The zero-order valence-electron chi connectivity index (χ0n) is 32.5. The molecule has 0 aliphatic carbocycles. The molecule has 304 valence electrons. The fraction of sp³-hybridized carbons (Fsp3) is 0.474. The Morgan fingerprint density at radius 2 is 0.768 bits per heavy atom. The van der Waals surface area contributed by atoms with Gasteiger partial charge in [-0.2, -0.15) is 0 Å². The van der Waals surface area contributed by atoms with Gasteiger partial charge in [0.2, 0.25) is 23.6 Å². The number of hydrogen-bond donors (Lipinski definition) is 8. The lowest BCUT2D eigenvalue weighted by Crippen LogP contribution is -2.52. The van der Waals surface area contributed by atoms with Gasteiger partial charge >= 0.3 is 24.0 Å². The third kappa shape index (κ3) is 17.3. The summed E-state index contributed by atoms with van der Waals surface area (Å²) in [6.07, 6.45) is -0.959. The van der Waals surface area contributed by atoms with E-state index in [0.29, 0.717) is 11.1 Å². The van der Waals surface area contributed by atoms with Gasteiger partial charge in [0, 0.05) is 26.2 Å². The van der Waals surface area contributed by atoms with E-state index in [2.05, 4.69) is 42.5 Å². The summed E-state index contributed by atoms with van der Waals surface area (Å²) in [5, 5.41) is 20.4. The van der Waals surface area contributed by atoms with E-state index in [4.69, 9.17) is 9.47 Å². The van der Waals surface area contributed by atoms with Crippen molar-refractivity contribution in [3.8, 4) is 0 Å². The van der Waals surface area contributed by atoms with Gasteiger partial charge in [0.25, 0.3) is 0 Å². The molecular formula is C38H52N8O10. The Kier molecular flexibility index (Phi) is 16.2. The molecular weight excluding hydrogens is 728 g/mol. The third-order valence-corrected chi connectivity index (χ3v) is 7.60. The highest BCUT2D eigenvalue weighted by atomic mass is 16.6. The maximum absolute atomic E-state index is 13.2. The third-order valence-electron chi connectivity index (χ3n) is 7.60. The number of hydrogen-bond acceptors (Lipinski definition) is 10. The van der Waals surface area contributed by atoms with Gasteiger partial charge in [0.05, 0.1) is 25.9 Å². The molecule has 0 saturated heterocycles. The molecule has 0 saturated carbocycles. The molecule has 2 aromatic rings. The molecule has 56 heavy (non-hydrogen) atoms. The summed E-state index contributed by atoms with van der Waals surface area (Å²) in [4.78, 5) is 102. The van der Waals surface area contributed by atoms with Gasteiger partial charge in [-0.1, -0.05) is 48.5 Å². The number of carbonyl (C=O) groups excluding carboxylic acids is 8. The van der Waals surface area contributed by atoms with E-state index in [1.165, 1.54) is 0 Å². The molecule has 18 nitrogen and oxygen atoms in total. The molecule has 6 rings (SSSR count). The topological polar surface area (TPSA) is 251 Å². The summed E-state index contributed by atoms with van der Waals surface area (Å²) >= 11 is 0. The number of carbonyl (C=O) groups is 8. The molecule has 4 bridgehead atoms. The quantitative estimate of drug-likeness (QED) is 0.201. The standard InChI is InChI=1S/C38H52N8O10/c1-37(2,3)55-31(49)15-27-33(51)41-19-25-11-13-26(14-12-25)20-42-34(52)28(16-32(50)56-38(4,5)6)46-36(54)44-22-30(48)40-18-24-9-7-23(8-10-24)17-39-29(47)21-43-35(53)45-27/h7-14,27-28H,15-22H2,1-6H3,(H,39,47)(H,40,48)(H,41,51)(H,42,52)(H2,43,45,53)(H2,44,46,54)/t27-,28-/m0/s1. The van der Waals surface area contributed by atoms with Crippen LogP contribution in [0.1, 0.15) is 76.6 Å². The molecule has 0 radical (unpaired) electrons. The lowest BCUT2D eigenvalue weighted by molar-refractivity contribution is -0.157. The molecule has 4 aliphatic heterocycles. The highest BCUT2D eigenvalue weighted by Gasteiger charge is 2.29. The van der Waals surface area contributed by atoms with Crippen LogP contribution in [0.4, 0.5) is 9.59 Å². The van der Waals surface area contributed by atoms with Crippen LogP contribution in [0.5, 0.6) is 0 Å². The van der Waals surface area contributed by atoms with Crippen molar-refractivity contribution in [2.45, 2.75) is 104 Å². The minimum Gasteiger partial charge on any atom is -0.460 e. The second-order valence-corrected chi connectivity index (χ2v) is 15.0. The zero-order chi connectivity index (χ0) is 41.5. The molecule has 18 heteroatoms. The fourth-order valence-electron chi connectivity index (χ4n) is 4.96. The Morgan fingerprint density at radius 3 is 1.05 bits per heavy atom. The Balaban J connectivity index is 1.78. The molecule has 0 fully saturated rings. The minimum atomic E-state index is -1.34. The largest absolute Gasteiger partial charge is 0.460 e. The number of ether oxygens (including phenoxy) is 2. The van der Waals surface area contributed by atoms with Crippen LogP contribution in [0, 0.1) is 0 Å². The molecule has 0 spiro atoms. The van der Waals surface area contributed by atoms with Crippen LogP contribution >= 0.6 is 0 Å². The average Bonchev–Trinajstić information content (AvgIpc) is 3.11. The van der Waals surface area contributed by atoms with E-state index < -0.39 is 96.8 Å². The van der Waals surface area contributed by atoms with Crippen LogP contribution in [0.2, 0.25) is 0 Å². The van der Waals surface area contributed by atoms with E-state index in [-0.39, 0.29) is 26.2 Å². The van der Waals surface area contributed by atoms with Gasteiger partial charge in [0.1, 0.15) is 23.3 Å². The van der Waals surface area contributed by atoms with Crippen molar-refractivity contribution < 1.29 is 47.8 Å². The van der Waals surface area contributed by atoms with Crippen molar-refractivity contribution in [1.29, 1.82) is 0 Å². The van der Waals surface area contributed by atoms with Gasteiger partial charge in [-0.05, 0) is 63.8 Å². The van der Waals surface area contributed by atoms with Crippen LogP contribution in [0.25, 0.3) is 0 Å². The number of amides is 8. The maximum Gasteiger partial charge on any atom is 0.315 e. The first kappa shape index (κ1) is 44.2. The smallest absolute Gasteiger partial charge is 0.315 e. The Bertz CT molecular complexity index is 1610. The van der Waals surface area contributed by atoms with Crippen molar-refractivity contribution >= 4 is 47.6 Å². The van der Waals surface area contributed by atoms with E-state index in [1.54, 1.807) is 90.1 Å². The normalized spacial score (nSPS) is 18.7. The number of rotatable bonds is 4. The molecule has 4 aliphatic rings. The first-order valence-corrected chi connectivity index (χ1v) is 18.0. The number of urea groups is 2.